The van der Waals surface area contributed by atoms with Crippen molar-refractivity contribution in [3.8, 4) is 40.9 Å². The van der Waals surface area contributed by atoms with E-state index in [0.29, 0.717) is 17.9 Å². The molecule has 2 aromatic rings. The Morgan fingerprint density at radius 3 is 2.91 bits per heavy atom. The van der Waals surface area contributed by atoms with E-state index < -0.39 is 5.82 Å². The van der Waals surface area contributed by atoms with Gasteiger partial charge in [-0.15, -0.1) is 0 Å². The molecular weight excluding hydrogens is 283 g/mol. The first-order chi connectivity index (χ1) is 10.7. The van der Waals surface area contributed by atoms with Crippen molar-refractivity contribution < 1.29 is 21.5 Å². The fraction of sp³-hybridized carbons (Fsp3) is 0.222. The second-order valence-corrected chi connectivity index (χ2v) is 4.92. The molecule has 0 saturated carbocycles. The second kappa shape index (κ2) is 5.98. The maximum Gasteiger partial charge on any atom is 0.176 e. The molecule has 0 radical (unpaired) electrons. The summed E-state index contributed by atoms with van der Waals surface area (Å²) in [6, 6.07) is 8.89. The fourth-order valence-corrected chi connectivity index (χ4v) is 2.44. The lowest BCUT2D eigenvalue weighted by molar-refractivity contribution is 0.286. The standard InChI is InChI=1S/C18H15FO3.2H2/c1-3-9-21-12-5-6-14-13-7-8-16(20-4-2)18(19)15(13)11-22-17(14)10-12;;/h2,5-8,10H,3,9,11H2,1H3;2*1H. The predicted octanol–water partition coefficient (Wildman–Crippen LogP) is 4.64. The van der Waals surface area contributed by atoms with Gasteiger partial charge in [-0.3, -0.25) is 0 Å². The van der Waals surface area contributed by atoms with Gasteiger partial charge in [0.05, 0.1) is 6.61 Å². The summed E-state index contributed by atoms with van der Waals surface area (Å²) in [6.07, 6.45) is 7.97. The van der Waals surface area contributed by atoms with Crippen LogP contribution in [0.2, 0.25) is 0 Å². The SMILES string of the molecule is C#COc1ccc2c(c1F)COc1cc(OCCC)ccc1-2.[HH].[HH]. The molecule has 0 aliphatic carbocycles. The molecule has 0 bridgehead atoms. The lowest BCUT2D eigenvalue weighted by Gasteiger charge is -2.22. The van der Waals surface area contributed by atoms with E-state index in [0.717, 1.165) is 23.3 Å². The zero-order valence-corrected chi connectivity index (χ0v) is 12.2. The lowest BCUT2D eigenvalue weighted by atomic mass is 9.96. The Kier molecular flexibility index (Phi) is 3.88. The monoisotopic (exact) mass is 302 g/mol. The number of benzene rings is 2. The van der Waals surface area contributed by atoms with Gasteiger partial charge in [0.25, 0.3) is 0 Å². The van der Waals surface area contributed by atoms with Gasteiger partial charge >= 0.3 is 0 Å². The lowest BCUT2D eigenvalue weighted by Crippen LogP contribution is -2.09. The Morgan fingerprint density at radius 1 is 1.32 bits per heavy atom. The molecule has 116 valence electrons. The Balaban J connectivity index is 0.00000144. The summed E-state index contributed by atoms with van der Waals surface area (Å²) in [7, 11) is 0. The minimum absolute atomic E-state index is 0. The largest absolute Gasteiger partial charge is 0.493 e. The third kappa shape index (κ3) is 2.46. The Labute approximate surface area is 131 Å². The van der Waals surface area contributed by atoms with E-state index in [4.69, 9.17) is 20.6 Å². The number of rotatable bonds is 4. The summed E-state index contributed by atoms with van der Waals surface area (Å²) in [5.74, 6) is 0.992. The number of fused-ring (bicyclic) bond motifs is 3. The maximum absolute atomic E-state index is 14.4. The quantitative estimate of drug-likeness (QED) is 0.770. The highest BCUT2D eigenvalue weighted by Gasteiger charge is 2.23. The summed E-state index contributed by atoms with van der Waals surface area (Å²) < 4.78 is 30.4. The first-order valence-corrected chi connectivity index (χ1v) is 7.08. The highest BCUT2D eigenvalue weighted by Crippen LogP contribution is 2.42. The van der Waals surface area contributed by atoms with Crippen LogP contribution in [0.15, 0.2) is 30.3 Å². The molecule has 22 heavy (non-hydrogen) atoms. The minimum Gasteiger partial charge on any atom is -0.493 e. The van der Waals surface area contributed by atoms with Gasteiger partial charge in [0.15, 0.2) is 11.6 Å². The molecule has 0 aromatic heterocycles. The van der Waals surface area contributed by atoms with E-state index in [1.165, 1.54) is 6.07 Å². The van der Waals surface area contributed by atoms with Crippen molar-refractivity contribution in [2.45, 2.75) is 20.0 Å². The van der Waals surface area contributed by atoms with E-state index in [2.05, 4.69) is 0 Å². The van der Waals surface area contributed by atoms with Crippen molar-refractivity contribution >= 4 is 0 Å². The van der Waals surface area contributed by atoms with Crippen LogP contribution < -0.4 is 14.2 Å². The summed E-state index contributed by atoms with van der Waals surface area (Å²) in [4.78, 5) is 0. The van der Waals surface area contributed by atoms with E-state index >= 15 is 0 Å². The third-order valence-corrected chi connectivity index (χ3v) is 3.46. The van der Waals surface area contributed by atoms with Crippen LogP contribution in [-0.4, -0.2) is 6.61 Å². The summed E-state index contributed by atoms with van der Waals surface area (Å²) in [5, 5.41) is 0. The van der Waals surface area contributed by atoms with Gasteiger partial charge < -0.3 is 14.2 Å². The van der Waals surface area contributed by atoms with Crippen molar-refractivity contribution in [2.75, 3.05) is 6.61 Å². The Morgan fingerprint density at radius 2 is 2.14 bits per heavy atom. The molecule has 0 saturated heterocycles. The van der Waals surface area contributed by atoms with Gasteiger partial charge in [-0.2, -0.15) is 0 Å². The first-order valence-electron chi connectivity index (χ1n) is 7.08. The van der Waals surface area contributed by atoms with Gasteiger partial charge in [-0.1, -0.05) is 13.3 Å². The molecule has 0 fully saturated rings. The molecule has 4 heteroatoms. The third-order valence-electron chi connectivity index (χ3n) is 3.46. The summed E-state index contributed by atoms with van der Waals surface area (Å²) in [5.41, 5.74) is 2.06. The molecule has 0 N–H and O–H groups in total. The summed E-state index contributed by atoms with van der Waals surface area (Å²) >= 11 is 0. The minimum atomic E-state index is -0.479. The van der Waals surface area contributed by atoms with Crippen LogP contribution in [0.3, 0.4) is 0 Å². The molecule has 0 atom stereocenters. The average Bonchev–Trinajstić information content (AvgIpc) is 2.55. The molecule has 2 aromatic carbocycles. The van der Waals surface area contributed by atoms with E-state index in [1.54, 1.807) is 6.07 Å². The van der Waals surface area contributed by atoms with Crippen LogP contribution in [0.4, 0.5) is 4.39 Å². The molecule has 0 unspecified atom stereocenters. The molecule has 1 aliphatic heterocycles. The van der Waals surface area contributed by atoms with Gasteiger partial charge in [0.2, 0.25) is 0 Å². The number of halogens is 1. The van der Waals surface area contributed by atoms with Crippen LogP contribution in [0.1, 0.15) is 21.8 Å². The Bertz CT molecular complexity index is 757. The number of hydrogen-bond acceptors (Lipinski definition) is 3. The van der Waals surface area contributed by atoms with Crippen molar-refractivity contribution in [1.82, 2.24) is 0 Å². The summed E-state index contributed by atoms with van der Waals surface area (Å²) in [6.45, 7) is 2.83. The van der Waals surface area contributed by atoms with Gasteiger partial charge in [0.1, 0.15) is 24.2 Å². The van der Waals surface area contributed by atoms with Gasteiger partial charge in [0, 0.05) is 20.0 Å². The molecule has 3 nitrogen and oxygen atoms in total. The van der Waals surface area contributed by atoms with Crippen LogP contribution in [-0.2, 0) is 6.61 Å². The number of ether oxygens (including phenoxy) is 3. The van der Waals surface area contributed by atoms with Crippen LogP contribution in [0, 0.1) is 18.3 Å². The van der Waals surface area contributed by atoms with Crippen LogP contribution in [0.25, 0.3) is 11.1 Å². The maximum atomic E-state index is 14.4. The zero-order valence-electron chi connectivity index (χ0n) is 12.2. The van der Waals surface area contributed by atoms with Gasteiger partial charge in [-0.05, 0) is 36.2 Å². The van der Waals surface area contributed by atoms with Crippen molar-refractivity contribution in [3.63, 3.8) is 0 Å². The molecule has 3 rings (SSSR count). The molecule has 0 amide bonds. The van der Waals surface area contributed by atoms with Crippen molar-refractivity contribution in [3.05, 3.63) is 41.7 Å². The first kappa shape index (κ1) is 14.3. The van der Waals surface area contributed by atoms with Crippen molar-refractivity contribution in [2.24, 2.45) is 0 Å². The topological polar surface area (TPSA) is 27.7 Å². The van der Waals surface area contributed by atoms with E-state index in [-0.39, 0.29) is 15.2 Å². The fourth-order valence-electron chi connectivity index (χ4n) is 2.44. The van der Waals surface area contributed by atoms with E-state index in [1.807, 2.05) is 31.2 Å². The van der Waals surface area contributed by atoms with Crippen LogP contribution in [0.5, 0.6) is 17.2 Å². The second-order valence-electron chi connectivity index (χ2n) is 4.92. The van der Waals surface area contributed by atoms with E-state index in [9.17, 15) is 4.39 Å². The highest BCUT2D eigenvalue weighted by atomic mass is 19.1. The number of terminal acetylenes is 1. The van der Waals surface area contributed by atoms with Gasteiger partial charge in [-0.25, -0.2) is 4.39 Å². The smallest absolute Gasteiger partial charge is 0.176 e. The average molecular weight is 302 g/mol. The Hall–Kier alpha value is -2.67. The molecular formula is C18H19FO3. The zero-order chi connectivity index (χ0) is 15.5. The van der Waals surface area contributed by atoms with Crippen LogP contribution >= 0.6 is 0 Å². The molecule has 1 aliphatic rings. The van der Waals surface area contributed by atoms with Crippen molar-refractivity contribution in [1.29, 1.82) is 0 Å². The highest BCUT2D eigenvalue weighted by molar-refractivity contribution is 5.76. The molecule has 1 heterocycles. The normalized spacial score (nSPS) is 11.7. The predicted molar refractivity (Wildman–Crippen MR) is 85.6 cm³/mol. The molecule has 0 spiro atoms. The number of hydrogen-bond donors (Lipinski definition) is 0.